The molecule has 0 fully saturated rings. The largest absolute Gasteiger partial charge is 0.493 e. The molecule has 0 bridgehead atoms. The van der Waals surface area contributed by atoms with E-state index in [1.165, 1.54) is 5.56 Å². The fourth-order valence-electron chi connectivity index (χ4n) is 2.17. The molecule has 0 unspecified atom stereocenters. The van der Waals surface area contributed by atoms with Gasteiger partial charge in [0, 0.05) is 6.21 Å². The summed E-state index contributed by atoms with van der Waals surface area (Å²) in [5.74, 6) is -0.635. The van der Waals surface area contributed by atoms with Crippen molar-refractivity contribution in [1.82, 2.24) is 0 Å². The zero-order valence-electron chi connectivity index (χ0n) is 13.0. The molecule has 114 valence electrons. The Labute approximate surface area is 130 Å². The molecule has 0 aromatic heterocycles. The van der Waals surface area contributed by atoms with Crippen molar-refractivity contribution in [1.29, 1.82) is 0 Å². The third-order valence-corrected chi connectivity index (χ3v) is 3.24. The van der Waals surface area contributed by atoms with Crippen molar-refractivity contribution in [2.45, 2.75) is 20.8 Å². The van der Waals surface area contributed by atoms with Gasteiger partial charge in [0.15, 0.2) is 0 Å². The quantitative estimate of drug-likeness (QED) is 0.843. The molecule has 0 saturated heterocycles. The van der Waals surface area contributed by atoms with Gasteiger partial charge < -0.3 is 9.84 Å². The molecule has 0 aliphatic carbocycles. The minimum atomic E-state index is -1.01. The number of carbonyl (C=O) groups is 1. The molecular weight excluding hydrogens is 278 g/mol. The third kappa shape index (κ3) is 3.73. The van der Waals surface area contributed by atoms with Crippen LogP contribution in [0.1, 0.15) is 34.0 Å². The summed E-state index contributed by atoms with van der Waals surface area (Å²) in [6, 6.07) is 11.0. The monoisotopic (exact) mass is 297 g/mol. The highest BCUT2D eigenvalue weighted by molar-refractivity contribution is 5.94. The van der Waals surface area contributed by atoms with Gasteiger partial charge in [0.1, 0.15) is 11.3 Å². The van der Waals surface area contributed by atoms with E-state index in [1.54, 1.807) is 24.4 Å². The standard InChI is InChI=1S/C18H19NO3/c1-4-22-17-8-6-14(10-15(17)18(20)21)11-19-16-7-5-12(2)9-13(16)3/h5-11H,4H2,1-3H3,(H,20,21). The van der Waals surface area contributed by atoms with Gasteiger partial charge in [0.05, 0.1) is 12.3 Å². The normalized spacial score (nSPS) is 10.9. The SMILES string of the molecule is CCOc1ccc(C=Nc2ccc(C)cc2C)cc1C(=O)O. The highest BCUT2D eigenvalue weighted by Crippen LogP contribution is 2.22. The summed E-state index contributed by atoms with van der Waals surface area (Å²) in [6.07, 6.45) is 1.67. The Morgan fingerprint density at radius 2 is 2.00 bits per heavy atom. The first kappa shape index (κ1) is 15.8. The molecule has 0 atom stereocenters. The highest BCUT2D eigenvalue weighted by Gasteiger charge is 2.11. The Kier molecular flexibility index (Phi) is 4.94. The number of rotatable bonds is 5. The summed E-state index contributed by atoms with van der Waals surface area (Å²) >= 11 is 0. The third-order valence-electron chi connectivity index (χ3n) is 3.24. The number of aromatic carboxylic acids is 1. The van der Waals surface area contributed by atoms with Crippen molar-refractivity contribution in [3.05, 3.63) is 58.7 Å². The van der Waals surface area contributed by atoms with Crippen LogP contribution in [-0.2, 0) is 0 Å². The van der Waals surface area contributed by atoms with Crippen LogP contribution in [-0.4, -0.2) is 23.9 Å². The Bertz CT molecular complexity index is 720. The van der Waals surface area contributed by atoms with E-state index in [0.717, 1.165) is 16.8 Å². The van der Waals surface area contributed by atoms with Gasteiger partial charge in [-0.15, -0.1) is 0 Å². The van der Waals surface area contributed by atoms with Gasteiger partial charge in [-0.1, -0.05) is 17.7 Å². The number of hydrogen-bond donors (Lipinski definition) is 1. The molecule has 22 heavy (non-hydrogen) atoms. The van der Waals surface area contributed by atoms with E-state index < -0.39 is 5.97 Å². The number of aliphatic imine (C=N–C) groups is 1. The molecule has 4 heteroatoms. The zero-order chi connectivity index (χ0) is 16.1. The van der Waals surface area contributed by atoms with Crippen molar-refractivity contribution in [3.63, 3.8) is 0 Å². The number of aryl methyl sites for hydroxylation is 2. The van der Waals surface area contributed by atoms with Gasteiger partial charge >= 0.3 is 5.97 Å². The molecule has 4 nitrogen and oxygen atoms in total. The van der Waals surface area contributed by atoms with Crippen LogP contribution in [0, 0.1) is 13.8 Å². The minimum absolute atomic E-state index is 0.145. The van der Waals surface area contributed by atoms with E-state index in [4.69, 9.17) is 4.74 Å². The van der Waals surface area contributed by atoms with E-state index in [0.29, 0.717) is 12.4 Å². The predicted molar refractivity (Wildman–Crippen MR) is 87.7 cm³/mol. The highest BCUT2D eigenvalue weighted by atomic mass is 16.5. The van der Waals surface area contributed by atoms with Crippen molar-refractivity contribution < 1.29 is 14.6 Å². The lowest BCUT2D eigenvalue weighted by atomic mass is 10.1. The van der Waals surface area contributed by atoms with Crippen LogP contribution in [0.4, 0.5) is 5.69 Å². The second-order valence-corrected chi connectivity index (χ2v) is 5.04. The van der Waals surface area contributed by atoms with Gasteiger partial charge in [-0.25, -0.2) is 4.79 Å². The van der Waals surface area contributed by atoms with Crippen molar-refractivity contribution >= 4 is 17.9 Å². The lowest BCUT2D eigenvalue weighted by molar-refractivity contribution is 0.0692. The van der Waals surface area contributed by atoms with Crippen molar-refractivity contribution in [2.75, 3.05) is 6.61 Å². The molecule has 0 radical (unpaired) electrons. The first-order chi connectivity index (χ1) is 10.5. The van der Waals surface area contributed by atoms with Crippen LogP contribution in [0.5, 0.6) is 5.75 Å². The minimum Gasteiger partial charge on any atom is -0.493 e. The summed E-state index contributed by atoms with van der Waals surface area (Å²) in [4.78, 5) is 15.7. The summed E-state index contributed by atoms with van der Waals surface area (Å²) in [5, 5.41) is 9.25. The van der Waals surface area contributed by atoms with Crippen LogP contribution in [0.25, 0.3) is 0 Å². The van der Waals surface area contributed by atoms with Crippen molar-refractivity contribution in [2.24, 2.45) is 4.99 Å². The number of carboxylic acid groups (broad SMARTS) is 1. The van der Waals surface area contributed by atoms with Crippen LogP contribution < -0.4 is 4.74 Å². The maximum absolute atomic E-state index is 11.3. The Morgan fingerprint density at radius 1 is 1.23 bits per heavy atom. The van der Waals surface area contributed by atoms with Crippen LogP contribution >= 0.6 is 0 Å². The Balaban J connectivity index is 2.31. The average molecular weight is 297 g/mol. The summed E-state index contributed by atoms with van der Waals surface area (Å²) < 4.78 is 5.32. The molecular formula is C18H19NO3. The van der Waals surface area contributed by atoms with E-state index >= 15 is 0 Å². The molecule has 0 aliphatic heterocycles. The smallest absolute Gasteiger partial charge is 0.339 e. The maximum atomic E-state index is 11.3. The van der Waals surface area contributed by atoms with Gasteiger partial charge in [-0.05, 0) is 56.2 Å². The molecule has 2 rings (SSSR count). The summed E-state index contributed by atoms with van der Waals surface area (Å²) in [7, 11) is 0. The number of benzene rings is 2. The number of ether oxygens (including phenoxy) is 1. The maximum Gasteiger partial charge on any atom is 0.339 e. The number of hydrogen-bond acceptors (Lipinski definition) is 3. The molecule has 1 N–H and O–H groups in total. The Hall–Kier alpha value is -2.62. The van der Waals surface area contributed by atoms with Crippen LogP contribution in [0.3, 0.4) is 0 Å². The summed E-state index contributed by atoms with van der Waals surface area (Å²) in [6.45, 7) is 6.28. The topological polar surface area (TPSA) is 58.9 Å². The fraction of sp³-hybridized carbons (Fsp3) is 0.222. The molecule has 0 spiro atoms. The molecule has 0 amide bonds. The average Bonchev–Trinajstić information content (AvgIpc) is 2.47. The molecule has 0 saturated carbocycles. The van der Waals surface area contributed by atoms with Crippen molar-refractivity contribution in [3.8, 4) is 5.75 Å². The predicted octanol–water partition coefficient (Wildman–Crippen LogP) is 4.15. The van der Waals surface area contributed by atoms with E-state index in [-0.39, 0.29) is 5.56 Å². The molecule has 0 heterocycles. The summed E-state index contributed by atoms with van der Waals surface area (Å²) in [5.41, 5.74) is 4.01. The van der Waals surface area contributed by atoms with E-state index in [1.807, 2.05) is 32.9 Å². The number of nitrogens with zero attached hydrogens (tertiary/aromatic N) is 1. The van der Waals surface area contributed by atoms with Gasteiger partial charge in [-0.3, -0.25) is 4.99 Å². The Morgan fingerprint density at radius 3 is 2.64 bits per heavy atom. The first-order valence-corrected chi connectivity index (χ1v) is 7.12. The molecule has 2 aromatic carbocycles. The lowest BCUT2D eigenvalue weighted by Crippen LogP contribution is -2.03. The zero-order valence-corrected chi connectivity index (χ0v) is 13.0. The lowest BCUT2D eigenvalue weighted by Gasteiger charge is -2.07. The fourth-order valence-corrected chi connectivity index (χ4v) is 2.17. The van der Waals surface area contributed by atoms with E-state index in [9.17, 15) is 9.90 Å². The molecule has 2 aromatic rings. The molecule has 0 aliphatic rings. The van der Waals surface area contributed by atoms with Gasteiger partial charge in [0.2, 0.25) is 0 Å². The van der Waals surface area contributed by atoms with Crippen LogP contribution in [0.2, 0.25) is 0 Å². The van der Waals surface area contributed by atoms with Gasteiger partial charge in [0.25, 0.3) is 0 Å². The second-order valence-electron chi connectivity index (χ2n) is 5.04. The van der Waals surface area contributed by atoms with Gasteiger partial charge in [-0.2, -0.15) is 0 Å². The van der Waals surface area contributed by atoms with E-state index in [2.05, 4.69) is 11.1 Å². The first-order valence-electron chi connectivity index (χ1n) is 7.12. The van der Waals surface area contributed by atoms with Crippen LogP contribution in [0.15, 0.2) is 41.4 Å². The number of carboxylic acids is 1. The second kappa shape index (κ2) is 6.89.